The third kappa shape index (κ3) is 5.57. The number of hydrogen-bond donors (Lipinski definition) is 1. The Hall–Kier alpha value is -3.65. The van der Waals surface area contributed by atoms with Crippen molar-refractivity contribution in [1.82, 2.24) is 20.2 Å². The van der Waals surface area contributed by atoms with Crippen molar-refractivity contribution in [3.05, 3.63) is 64.5 Å². The predicted octanol–water partition coefficient (Wildman–Crippen LogP) is 4.22. The number of ether oxygens (including phenoxy) is 1. The Morgan fingerprint density at radius 1 is 1.05 bits per heavy atom. The van der Waals surface area contributed by atoms with E-state index in [1.165, 1.54) is 0 Å². The van der Waals surface area contributed by atoms with Gasteiger partial charge in [-0.2, -0.15) is 0 Å². The Morgan fingerprint density at radius 2 is 1.82 bits per heavy atom. The molecule has 2 aromatic heterocycles. The molecule has 0 aliphatic carbocycles. The number of fused-ring (bicyclic) bond motifs is 1. The highest BCUT2D eigenvalue weighted by atomic mass is 16.5. The Morgan fingerprint density at radius 3 is 2.49 bits per heavy atom. The van der Waals surface area contributed by atoms with Gasteiger partial charge in [0.2, 0.25) is 5.88 Å². The van der Waals surface area contributed by atoms with Crippen molar-refractivity contribution in [3.63, 3.8) is 0 Å². The number of benzene rings is 1. The van der Waals surface area contributed by atoms with E-state index >= 15 is 0 Å². The van der Waals surface area contributed by atoms with Crippen LogP contribution in [-0.4, -0.2) is 73.7 Å². The van der Waals surface area contributed by atoms with Crippen LogP contribution in [0.15, 0.2) is 36.5 Å². The van der Waals surface area contributed by atoms with E-state index in [9.17, 15) is 4.79 Å². The van der Waals surface area contributed by atoms with Crippen molar-refractivity contribution >= 4 is 17.4 Å². The van der Waals surface area contributed by atoms with Crippen LogP contribution in [-0.2, 0) is 13.0 Å². The van der Waals surface area contributed by atoms with Crippen LogP contribution in [0.2, 0.25) is 0 Å². The molecule has 1 fully saturated rings. The molecule has 0 unspecified atom stereocenters. The molecule has 206 valence electrons. The van der Waals surface area contributed by atoms with E-state index in [4.69, 9.17) is 9.72 Å². The second kappa shape index (κ2) is 11.2. The van der Waals surface area contributed by atoms with Gasteiger partial charge in [-0.15, -0.1) is 0 Å². The molecule has 1 saturated heterocycles. The van der Waals surface area contributed by atoms with Crippen LogP contribution in [0, 0.1) is 13.8 Å². The zero-order valence-corrected chi connectivity index (χ0v) is 24.0. The van der Waals surface area contributed by atoms with Gasteiger partial charge in [0.1, 0.15) is 5.82 Å². The molecule has 2 aliphatic heterocycles. The summed E-state index contributed by atoms with van der Waals surface area (Å²) >= 11 is 0. The average Bonchev–Trinajstić information content (AvgIpc) is 3.36. The summed E-state index contributed by atoms with van der Waals surface area (Å²) in [6.07, 6.45) is 2.80. The number of rotatable bonds is 7. The zero-order chi connectivity index (χ0) is 27.7. The van der Waals surface area contributed by atoms with Gasteiger partial charge in [0, 0.05) is 79.6 Å². The van der Waals surface area contributed by atoms with Crippen molar-refractivity contribution in [2.24, 2.45) is 0 Å². The smallest absolute Gasteiger partial charge is 0.251 e. The summed E-state index contributed by atoms with van der Waals surface area (Å²) in [5, 5.41) is 3.15. The third-order valence-electron chi connectivity index (χ3n) is 7.97. The molecule has 0 atom stereocenters. The molecule has 8 heteroatoms. The number of carbonyl (C=O) groups is 1. The Balaban J connectivity index is 1.44. The van der Waals surface area contributed by atoms with Gasteiger partial charge in [0.05, 0.1) is 7.11 Å². The SMILES string of the molecule is COc1nc(C)cc(C)c1CNC(=O)c1cc(-c2ccc(N3CCN(C)CC3)nc2)cc2c1CCN2C(C)C. The molecule has 0 saturated carbocycles. The van der Waals surface area contributed by atoms with Gasteiger partial charge in [-0.25, -0.2) is 9.97 Å². The lowest BCUT2D eigenvalue weighted by Crippen LogP contribution is -2.44. The fourth-order valence-corrected chi connectivity index (χ4v) is 5.69. The summed E-state index contributed by atoms with van der Waals surface area (Å²) in [5.41, 5.74) is 7.85. The first-order chi connectivity index (χ1) is 18.7. The van der Waals surface area contributed by atoms with Crippen molar-refractivity contribution in [3.8, 4) is 17.0 Å². The normalized spacial score (nSPS) is 15.6. The Kier molecular flexibility index (Phi) is 7.75. The lowest BCUT2D eigenvalue weighted by atomic mass is 9.97. The highest BCUT2D eigenvalue weighted by Crippen LogP contribution is 2.37. The number of pyridine rings is 2. The molecule has 0 radical (unpaired) electrons. The Labute approximate surface area is 232 Å². The van der Waals surface area contributed by atoms with Crippen LogP contribution in [0.1, 0.15) is 46.6 Å². The number of carbonyl (C=O) groups excluding carboxylic acids is 1. The van der Waals surface area contributed by atoms with E-state index in [1.807, 2.05) is 32.2 Å². The number of anilines is 2. The molecule has 8 nitrogen and oxygen atoms in total. The molecular weight excluding hydrogens is 488 g/mol. The van der Waals surface area contributed by atoms with Crippen LogP contribution >= 0.6 is 0 Å². The number of aryl methyl sites for hydroxylation is 2. The minimum absolute atomic E-state index is 0.0808. The fraction of sp³-hybridized carbons (Fsp3) is 0.452. The molecule has 3 aromatic rings. The second-order valence-electron chi connectivity index (χ2n) is 11.0. The fourth-order valence-electron chi connectivity index (χ4n) is 5.69. The summed E-state index contributed by atoms with van der Waals surface area (Å²) in [5.74, 6) is 1.48. The lowest BCUT2D eigenvalue weighted by molar-refractivity contribution is 0.0950. The molecule has 39 heavy (non-hydrogen) atoms. The summed E-state index contributed by atoms with van der Waals surface area (Å²) in [4.78, 5) is 30.1. The number of likely N-dealkylation sites (N-methyl/N-ethyl adjacent to an activating group) is 1. The first-order valence-corrected chi connectivity index (χ1v) is 13.9. The monoisotopic (exact) mass is 528 g/mol. The van der Waals surface area contributed by atoms with Gasteiger partial charge < -0.3 is 24.8 Å². The van der Waals surface area contributed by atoms with Crippen molar-refractivity contribution in [1.29, 1.82) is 0 Å². The number of piperazine rings is 1. The number of hydrogen-bond acceptors (Lipinski definition) is 7. The topological polar surface area (TPSA) is 73.8 Å². The second-order valence-corrected chi connectivity index (χ2v) is 11.0. The van der Waals surface area contributed by atoms with Gasteiger partial charge in [-0.1, -0.05) is 0 Å². The van der Waals surface area contributed by atoms with Crippen LogP contribution < -0.4 is 19.9 Å². The molecule has 2 aliphatic rings. The van der Waals surface area contributed by atoms with Crippen LogP contribution in [0.3, 0.4) is 0 Å². The van der Waals surface area contributed by atoms with Gasteiger partial charge in [-0.05, 0) is 88.2 Å². The van der Waals surface area contributed by atoms with Crippen molar-refractivity contribution in [2.45, 2.75) is 46.7 Å². The summed E-state index contributed by atoms with van der Waals surface area (Å²) in [6, 6.07) is 10.9. The number of amides is 1. The van der Waals surface area contributed by atoms with Crippen LogP contribution in [0.25, 0.3) is 11.1 Å². The summed E-state index contributed by atoms with van der Waals surface area (Å²) < 4.78 is 5.51. The average molecular weight is 529 g/mol. The molecule has 0 spiro atoms. The van der Waals surface area contributed by atoms with E-state index < -0.39 is 0 Å². The Bertz CT molecular complexity index is 1350. The first kappa shape index (κ1) is 26.9. The largest absolute Gasteiger partial charge is 0.481 e. The molecule has 1 aromatic carbocycles. The van der Waals surface area contributed by atoms with Gasteiger partial charge in [-0.3, -0.25) is 4.79 Å². The predicted molar refractivity (Wildman–Crippen MR) is 157 cm³/mol. The highest BCUT2D eigenvalue weighted by Gasteiger charge is 2.28. The highest BCUT2D eigenvalue weighted by molar-refractivity contribution is 5.99. The first-order valence-electron chi connectivity index (χ1n) is 13.9. The van der Waals surface area contributed by atoms with Gasteiger partial charge >= 0.3 is 0 Å². The number of methoxy groups -OCH3 is 1. The zero-order valence-electron chi connectivity index (χ0n) is 24.0. The standard InChI is InChI=1S/C31H40N6O2/c1-20(2)37-10-9-25-26(30(38)33-19-27-21(3)15-22(4)34-31(27)39-6)16-24(17-28(25)37)23-7-8-29(32-18-23)36-13-11-35(5)12-14-36/h7-8,15-18,20H,9-14,19H2,1-6H3,(H,33,38). The van der Waals surface area contributed by atoms with E-state index in [0.717, 1.165) is 89.7 Å². The van der Waals surface area contributed by atoms with Crippen molar-refractivity contribution < 1.29 is 9.53 Å². The third-order valence-corrected chi connectivity index (χ3v) is 7.97. The summed E-state index contributed by atoms with van der Waals surface area (Å²) in [6.45, 7) is 13.7. The molecule has 0 bridgehead atoms. The maximum Gasteiger partial charge on any atom is 0.251 e. The number of nitrogens with one attached hydrogen (secondary N) is 1. The van der Waals surface area contributed by atoms with E-state index in [0.29, 0.717) is 18.5 Å². The van der Waals surface area contributed by atoms with E-state index in [-0.39, 0.29) is 5.91 Å². The molecule has 4 heterocycles. The number of nitrogens with zero attached hydrogens (tertiary/aromatic N) is 5. The van der Waals surface area contributed by atoms with Gasteiger partial charge in [0.25, 0.3) is 5.91 Å². The molecule has 1 amide bonds. The van der Waals surface area contributed by atoms with Crippen LogP contribution in [0.4, 0.5) is 11.5 Å². The number of aromatic nitrogens is 2. The molecule has 1 N–H and O–H groups in total. The quantitative estimate of drug-likeness (QED) is 0.492. The molecule has 5 rings (SSSR count). The van der Waals surface area contributed by atoms with E-state index in [1.54, 1.807) is 7.11 Å². The maximum atomic E-state index is 13.7. The maximum absolute atomic E-state index is 13.7. The minimum Gasteiger partial charge on any atom is -0.481 e. The van der Waals surface area contributed by atoms with Gasteiger partial charge in [0.15, 0.2) is 0 Å². The van der Waals surface area contributed by atoms with Crippen LogP contribution in [0.5, 0.6) is 5.88 Å². The molecular formula is C31H40N6O2. The lowest BCUT2D eigenvalue weighted by Gasteiger charge is -2.33. The van der Waals surface area contributed by atoms with E-state index in [2.05, 4.69) is 64.1 Å². The van der Waals surface area contributed by atoms with Crippen molar-refractivity contribution in [2.75, 3.05) is 56.7 Å². The summed E-state index contributed by atoms with van der Waals surface area (Å²) in [7, 11) is 3.78. The minimum atomic E-state index is -0.0808.